The number of phosphoric ester groups is 2. The van der Waals surface area contributed by atoms with Crippen LogP contribution in [0.25, 0.3) is 0 Å². The first-order valence-corrected chi connectivity index (χ1v) is 52.1. The number of ether oxygens (including phenoxy) is 3. The van der Waals surface area contributed by atoms with Gasteiger partial charge in [-0.1, -0.05) is 281 Å². The van der Waals surface area contributed by atoms with Crippen molar-refractivity contribution in [3.05, 3.63) is 176 Å². The average Bonchev–Trinajstić information content (AvgIpc) is 1.55. The molecule has 7 aliphatic rings. The zero-order valence-corrected chi connectivity index (χ0v) is 85.8. The van der Waals surface area contributed by atoms with E-state index >= 15 is 0 Å². The molecule has 2 spiro atoms. The van der Waals surface area contributed by atoms with Gasteiger partial charge >= 0.3 is 47.5 Å². The maximum atomic E-state index is 14.7. The summed E-state index contributed by atoms with van der Waals surface area (Å²) in [5.41, 5.74) is 7.79. The molecule has 0 aromatic heterocycles. The Morgan fingerprint density at radius 3 is 0.732 bits per heavy atom. The number of esters is 3. The molecule has 700 valence electrons. The number of hydrogen-bond acceptors (Lipinski definition) is 21. The number of aromatic hydroxyl groups is 1. The first-order valence-electron chi connectivity index (χ1n) is 44.3. The van der Waals surface area contributed by atoms with Crippen molar-refractivity contribution in [2.45, 2.75) is 296 Å². The van der Waals surface area contributed by atoms with E-state index < -0.39 is 70.1 Å². The summed E-state index contributed by atoms with van der Waals surface area (Å²) in [6.07, 6.45) is 5.49. The molecule has 21 nitrogen and oxygen atoms in total. The first-order chi connectivity index (χ1) is 57.7. The quantitative estimate of drug-likeness (QED) is 0.0449. The SMILES string of the molecule is CC(C)(C)CC(C)(C)c1ccc(O)c(C2C(=O)Oc3ccc(C(C)(C)CC(C)(C)C)cc32)c1.CC(C)(C)CC(C)(C)c1ccc2c(c1)C(c1cc(C(C)(C)CC(C)(C)C)ccc1OP1(=O)OCC3(CO1)COP(=O)(Oc1ccc(C(C)(C)CC(C)(C)C)cc1C1C(=O)Oc4ccc(C(C)(C)CC(C)(C)C)cc41)OC3)C(=O)O2.O=P1(Cl)OCC2(CO1)COP(=O)(Cl)OC2. The smallest absolute Gasteiger partial charge is 0.508 e. The van der Waals surface area contributed by atoms with Gasteiger partial charge in [0, 0.05) is 55.9 Å². The zero-order chi connectivity index (χ0) is 94.7. The molecular weight excluding hydrogens is 1730 g/mol. The summed E-state index contributed by atoms with van der Waals surface area (Å²) in [6.45, 7) is 59.1. The summed E-state index contributed by atoms with van der Waals surface area (Å²) in [4.78, 5) is 41.3. The van der Waals surface area contributed by atoms with Crippen molar-refractivity contribution in [3.63, 3.8) is 0 Å². The molecule has 0 aliphatic carbocycles. The highest BCUT2D eigenvalue weighted by Gasteiger charge is 2.54. The van der Waals surface area contributed by atoms with Crippen LogP contribution in [0, 0.1) is 43.3 Å². The summed E-state index contributed by atoms with van der Waals surface area (Å²) < 4.78 is 125. The number of benzene rings is 6. The summed E-state index contributed by atoms with van der Waals surface area (Å²) in [7, 11) is -8.70. The summed E-state index contributed by atoms with van der Waals surface area (Å²) in [5, 5.41) is 10.8. The Morgan fingerprint density at radius 1 is 0.299 bits per heavy atom. The molecule has 6 aromatic carbocycles. The number of phosphoric acid groups is 2. The predicted octanol–water partition coefficient (Wildman–Crippen LogP) is 28.0. The Bertz CT molecular complexity index is 5050. The standard InChI is InChI=1S/C65H90O12P2.C30H42O3.C5H8Cl2O6P2/c1-57(2,3)33-61(13,14)41-21-25-49-45(29-41)53(55(66)74-49)47-31-43(63(17,18)35-59(7,8)9)23-27-51(47)76-78(68)70-37-65(38-71-78)39-72-79(69,73-40-65)77-52-28-24-44(64(19,20)36-60(10,11)12)32-48(52)54-46-30-42(22-26-50(46)75-56(54)67)62(15,16)34-58(4,5)6;1-27(2,3)17-29(7,8)19-11-13-23(31)21(15-19)25-22-16-20(12-14-24(22)33-26(25)32)30(9,10)18-28(4,5)6;6-14(8)10-1-5(2-11-14)3-12-15(7,9)13-4-5/h21-32,53-54H,33-40H2,1-20H3;11-16,25,31H,17-18H2,1-10H3;1-4H2. The van der Waals surface area contributed by atoms with E-state index in [2.05, 4.69) is 232 Å². The second-order valence-corrected chi connectivity index (χ2v) is 56.4. The van der Waals surface area contributed by atoms with Crippen molar-refractivity contribution in [1.29, 1.82) is 0 Å². The highest BCUT2D eigenvalue weighted by atomic mass is 35.7. The molecule has 1 N–H and O–H groups in total. The van der Waals surface area contributed by atoms with Crippen molar-refractivity contribution < 1.29 is 97.2 Å². The van der Waals surface area contributed by atoms with Gasteiger partial charge in [-0.05, 0) is 173 Å². The van der Waals surface area contributed by atoms with E-state index in [-0.39, 0.29) is 141 Å². The molecule has 7 heterocycles. The van der Waals surface area contributed by atoms with Crippen LogP contribution < -0.4 is 23.3 Å². The van der Waals surface area contributed by atoms with Crippen LogP contribution >= 0.6 is 52.0 Å². The van der Waals surface area contributed by atoms with E-state index in [0.717, 1.165) is 71.9 Å². The molecule has 13 rings (SSSR count). The molecule has 27 heteroatoms. The molecule has 0 saturated carbocycles. The van der Waals surface area contributed by atoms with Crippen LogP contribution in [0.3, 0.4) is 0 Å². The van der Waals surface area contributed by atoms with Crippen molar-refractivity contribution in [2.75, 3.05) is 52.9 Å². The van der Waals surface area contributed by atoms with Crippen LogP contribution in [0.5, 0.6) is 34.5 Å². The number of halogens is 2. The molecule has 0 amide bonds. The van der Waals surface area contributed by atoms with E-state index in [0.29, 0.717) is 45.1 Å². The van der Waals surface area contributed by atoms with E-state index in [4.69, 9.17) is 81.9 Å². The molecule has 127 heavy (non-hydrogen) atoms. The lowest BCUT2D eigenvalue weighted by atomic mass is 9.71. The van der Waals surface area contributed by atoms with Gasteiger partial charge in [-0.3, -0.25) is 50.6 Å². The minimum Gasteiger partial charge on any atom is -0.508 e. The zero-order valence-electron chi connectivity index (χ0n) is 80.7. The lowest BCUT2D eigenvalue weighted by Gasteiger charge is -2.41. The van der Waals surface area contributed by atoms with Gasteiger partial charge in [0.25, 0.3) is 0 Å². The van der Waals surface area contributed by atoms with Gasteiger partial charge < -0.3 is 28.4 Å². The van der Waals surface area contributed by atoms with E-state index in [1.54, 1.807) is 18.2 Å². The van der Waals surface area contributed by atoms with Crippen LogP contribution in [-0.2, 0) is 101 Å². The fourth-order valence-corrected chi connectivity index (χ4v) is 26.0. The second kappa shape index (κ2) is 35.6. The lowest BCUT2D eigenvalue weighted by Crippen LogP contribution is -2.46. The van der Waals surface area contributed by atoms with Crippen molar-refractivity contribution in [1.82, 2.24) is 0 Å². The normalized spacial score (nSPS) is 25.7. The number of hydrogen-bond donors (Lipinski definition) is 1. The third-order valence-corrected chi connectivity index (χ3v) is 30.0. The molecule has 3 atom stereocenters. The Hall–Kier alpha value is -5.69. The largest absolute Gasteiger partial charge is 0.530 e. The third kappa shape index (κ3) is 25.2. The van der Waals surface area contributed by atoms with Crippen LogP contribution in [0.4, 0.5) is 0 Å². The lowest BCUT2D eigenvalue weighted by molar-refractivity contribution is -0.134. The van der Waals surface area contributed by atoms with Crippen molar-refractivity contribution in [2.24, 2.45) is 43.3 Å². The van der Waals surface area contributed by atoms with Gasteiger partial charge in [-0.25, -0.2) is 18.3 Å². The monoisotopic (exact) mass is 1870 g/mol. The van der Waals surface area contributed by atoms with Gasteiger partial charge in [0.15, 0.2) is 0 Å². The molecule has 6 aromatic rings. The number of carbonyl (C=O) groups is 3. The summed E-state index contributed by atoms with van der Waals surface area (Å²) in [6, 6.07) is 35.1. The Kier molecular flexibility index (Phi) is 28.6. The fraction of sp³-hybridized carbons (Fsp3) is 0.610. The Balaban J connectivity index is 0.000000263. The van der Waals surface area contributed by atoms with Crippen molar-refractivity contribution >= 4 is 69.9 Å². The Labute approximate surface area is 765 Å². The van der Waals surface area contributed by atoms with Crippen LogP contribution in [-0.4, -0.2) is 75.9 Å². The third-order valence-electron chi connectivity index (χ3n) is 24.4. The average molecular weight is 1870 g/mol. The number of rotatable bonds is 19. The van der Waals surface area contributed by atoms with E-state index in [1.807, 2.05) is 66.7 Å². The highest BCUT2D eigenvalue weighted by Crippen LogP contribution is 2.65. The highest BCUT2D eigenvalue weighted by molar-refractivity contribution is 7.81. The predicted molar refractivity (Wildman–Crippen MR) is 501 cm³/mol. The summed E-state index contributed by atoms with van der Waals surface area (Å²) >= 11 is 10.8. The molecule has 4 saturated heterocycles. The molecule has 3 unspecified atom stereocenters. The molecule has 4 fully saturated rings. The van der Waals surface area contributed by atoms with Gasteiger partial charge in [0.1, 0.15) is 52.3 Å². The van der Waals surface area contributed by atoms with E-state index in [1.165, 1.54) is 5.56 Å². The Morgan fingerprint density at radius 2 is 0.496 bits per heavy atom. The number of phenolic OH excluding ortho intramolecular Hbond substituents is 1. The second-order valence-electron chi connectivity index (χ2n) is 48.0. The maximum absolute atomic E-state index is 14.7. The summed E-state index contributed by atoms with van der Waals surface area (Å²) in [5.74, 6) is -1.64. The minimum absolute atomic E-state index is 0.00764. The van der Waals surface area contributed by atoms with Gasteiger partial charge in [-0.15, -0.1) is 0 Å². The van der Waals surface area contributed by atoms with Gasteiger partial charge in [0.2, 0.25) is 0 Å². The van der Waals surface area contributed by atoms with E-state index in [9.17, 15) is 37.8 Å². The molecule has 0 radical (unpaired) electrons. The van der Waals surface area contributed by atoms with Crippen molar-refractivity contribution in [3.8, 4) is 34.5 Å². The maximum Gasteiger partial charge on any atom is 0.530 e. The minimum atomic E-state index is -4.35. The number of carbonyl (C=O) groups excluding carboxylic acids is 3. The first kappa shape index (κ1) is 102. The van der Waals surface area contributed by atoms with Gasteiger partial charge in [-0.2, -0.15) is 0 Å². The molecule has 0 bridgehead atoms. The molecule has 7 aliphatic heterocycles. The van der Waals surface area contributed by atoms with Crippen LogP contribution in [0.2, 0.25) is 0 Å². The molecular formula is C100H140Cl2O21P4. The van der Waals surface area contributed by atoms with Crippen LogP contribution in [0.1, 0.15) is 331 Å². The fourth-order valence-electron chi connectivity index (χ4n) is 20.7. The van der Waals surface area contributed by atoms with Crippen LogP contribution in [0.15, 0.2) is 109 Å². The number of fused-ring (bicyclic) bond motifs is 3. The number of phenols is 1. The topological polar surface area (TPSA) is 260 Å². The van der Waals surface area contributed by atoms with Gasteiger partial charge in [0.05, 0.1) is 63.7 Å².